The molecule has 0 bridgehead atoms. The maximum atomic E-state index is 5.71. The van der Waals surface area contributed by atoms with Gasteiger partial charge in [-0.15, -0.1) is 0 Å². The molecule has 0 amide bonds. The van der Waals surface area contributed by atoms with Gasteiger partial charge < -0.3 is 5.73 Å². The summed E-state index contributed by atoms with van der Waals surface area (Å²) in [6, 6.07) is 0. The van der Waals surface area contributed by atoms with Gasteiger partial charge in [-0.1, -0.05) is 12.2 Å². The number of rotatable bonds is 3. The predicted molar refractivity (Wildman–Crippen MR) is 64.7 cm³/mol. The molecule has 0 atom stereocenters. The molecule has 2 heteroatoms. The third-order valence-corrected chi connectivity index (χ3v) is 3.96. The minimum atomic E-state index is 0.822. The molecule has 1 aliphatic carbocycles. The van der Waals surface area contributed by atoms with Crippen LogP contribution in [0.25, 0.3) is 0 Å². The van der Waals surface area contributed by atoms with Crippen molar-refractivity contribution in [2.24, 2.45) is 17.6 Å². The Kier molecular flexibility index (Phi) is 4.21. The topological polar surface area (TPSA) is 29.3 Å². The molecular weight excluding hydrogens is 184 g/mol. The average molecular weight is 208 g/mol. The lowest BCUT2D eigenvalue weighted by molar-refractivity contribution is 0.192. The summed E-state index contributed by atoms with van der Waals surface area (Å²) in [4.78, 5) is 2.60. The first kappa shape index (κ1) is 11.2. The van der Waals surface area contributed by atoms with Crippen LogP contribution in [-0.2, 0) is 0 Å². The van der Waals surface area contributed by atoms with Gasteiger partial charge in [-0.25, -0.2) is 0 Å². The van der Waals surface area contributed by atoms with E-state index in [0.717, 1.165) is 18.4 Å². The second kappa shape index (κ2) is 5.66. The van der Waals surface area contributed by atoms with Crippen LogP contribution >= 0.6 is 0 Å². The molecule has 0 saturated heterocycles. The zero-order valence-corrected chi connectivity index (χ0v) is 9.70. The second-order valence-corrected chi connectivity index (χ2v) is 5.14. The molecule has 15 heavy (non-hydrogen) atoms. The number of hydrogen-bond acceptors (Lipinski definition) is 2. The summed E-state index contributed by atoms with van der Waals surface area (Å²) in [6.45, 7) is 4.67. The molecule has 2 N–H and O–H groups in total. The van der Waals surface area contributed by atoms with Gasteiger partial charge in [0.2, 0.25) is 0 Å². The molecule has 2 aliphatic rings. The van der Waals surface area contributed by atoms with Gasteiger partial charge in [0.25, 0.3) is 0 Å². The van der Waals surface area contributed by atoms with Gasteiger partial charge in [0, 0.05) is 19.6 Å². The fourth-order valence-electron chi connectivity index (χ4n) is 2.87. The van der Waals surface area contributed by atoms with Crippen LogP contribution in [0, 0.1) is 11.8 Å². The smallest absolute Gasteiger partial charge is 0.0163 e. The molecule has 0 aromatic rings. The van der Waals surface area contributed by atoms with E-state index in [1.807, 2.05) is 0 Å². The maximum Gasteiger partial charge on any atom is 0.0163 e. The molecule has 0 unspecified atom stereocenters. The first-order chi connectivity index (χ1) is 7.38. The highest BCUT2D eigenvalue weighted by atomic mass is 15.1. The fourth-order valence-corrected chi connectivity index (χ4v) is 2.87. The van der Waals surface area contributed by atoms with Crippen molar-refractivity contribution in [2.45, 2.75) is 32.1 Å². The minimum absolute atomic E-state index is 0.822. The number of hydrogen-bond donors (Lipinski definition) is 1. The van der Waals surface area contributed by atoms with Crippen molar-refractivity contribution in [1.82, 2.24) is 4.90 Å². The number of nitrogens with two attached hydrogens (primary N) is 1. The molecule has 0 aromatic carbocycles. The highest BCUT2D eigenvalue weighted by Crippen LogP contribution is 2.28. The lowest BCUT2D eigenvalue weighted by atomic mass is 9.82. The second-order valence-electron chi connectivity index (χ2n) is 5.14. The van der Waals surface area contributed by atoms with Crippen LogP contribution in [0.1, 0.15) is 32.1 Å². The van der Waals surface area contributed by atoms with Gasteiger partial charge in [0.1, 0.15) is 0 Å². The Balaban J connectivity index is 1.69. The van der Waals surface area contributed by atoms with E-state index in [1.165, 1.54) is 51.7 Å². The first-order valence-electron chi connectivity index (χ1n) is 6.46. The Morgan fingerprint density at radius 3 is 2.40 bits per heavy atom. The molecule has 0 spiro atoms. The Hall–Kier alpha value is -0.340. The summed E-state index contributed by atoms with van der Waals surface area (Å²) in [6.07, 6.45) is 11.4. The van der Waals surface area contributed by atoms with Crippen LogP contribution < -0.4 is 5.73 Å². The Morgan fingerprint density at radius 1 is 1.07 bits per heavy atom. The molecule has 1 fully saturated rings. The molecule has 1 aliphatic heterocycles. The van der Waals surface area contributed by atoms with Crippen molar-refractivity contribution in [3.8, 4) is 0 Å². The Bertz CT molecular complexity index is 205. The van der Waals surface area contributed by atoms with E-state index in [-0.39, 0.29) is 0 Å². The van der Waals surface area contributed by atoms with Crippen molar-refractivity contribution in [3.05, 3.63) is 12.2 Å². The van der Waals surface area contributed by atoms with E-state index < -0.39 is 0 Å². The summed E-state index contributed by atoms with van der Waals surface area (Å²) in [5.41, 5.74) is 5.71. The molecule has 1 heterocycles. The van der Waals surface area contributed by atoms with Crippen LogP contribution in [0.5, 0.6) is 0 Å². The predicted octanol–water partition coefficient (Wildman–Crippen LogP) is 2.01. The maximum absolute atomic E-state index is 5.71. The summed E-state index contributed by atoms with van der Waals surface area (Å²) in [7, 11) is 0. The summed E-state index contributed by atoms with van der Waals surface area (Å²) in [5.74, 6) is 1.77. The molecule has 1 saturated carbocycles. The van der Waals surface area contributed by atoms with Crippen LogP contribution in [0.15, 0.2) is 12.2 Å². The Morgan fingerprint density at radius 2 is 1.80 bits per heavy atom. The lowest BCUT2D eigenvalue weighted by Crippen LogP contribution is -2.34. The van der Waals surface area contributed by atoms with Gasteiger partial charge in [0.05, 0.1) is 0 Å². The first-order valence-corrected chi connectivity index (χ1v) is 6.46. The van der Waals surface area contributed by atoms with Gasteiger partial charge >= 0.3 is 0 Å². The van der Waals surface area contributed by atoms with Gasteiger partial charge in [-0.05, 0) is 50.5 Å². The quantitative estimate of drug-likeness (QED) is 0.719. The minimum Gasteiger partial charge on any atom is -0.330 e. The SMILES string of the molecule is NCC1CCC(CN2CC=CCC2)CC1. The summed E-state index contributed by atoms with van der Waals surface area (Å²) >= 11 is 0. The van der Waals surface area contributed by atoms with Crippen LogP contribution in [-0.4, -0.2) is 31.1 Å². The summed E-state index contributed by atoms with van der Waals surface area (Å²) < 4.78 is 0. The molecule has 86 valence electrons. The zero-order valence-electron chi connectivity index (χ0n) is 9.70. The molecule has 0 radical (unpaired) electrons. The highest BCUT2D eigenvalue weighted by molar-refractivity contribution is 4.91. The monoisotopic (exact) mass is 208 g/mol. The van der Waals surface area contributed by atoms with Crippen LogP contribution in [0.2, 0.25) is 0 Å². The van der Waals surface area contributed by atoms with Crippen molar-refractivity contribution in [3.63, 3.8) is 0 Å². The normalized spacial score (nSPS) is 33.1. The van der Waals surface area contributed by atoms with E-state index in [1.54, 1.807) is 0 Å². The third kappa shape index (κ3) is 3.32. The van der Waals surface area contributed by atoms with Gasteiger partial charge in [-0.3, -0.25) is 4.90 Å². The van der Waals surface area contributed by atoms with Crippen molar-refractivity contribution < 1.29 is 0 Å². The van der Waals surface area contributed by atoms with Crippen LogP contribution in [0.3, 0.4) is 0 Å². The Labute approximate surface area is 93.5 Å². The van der Waals surface area contributed by atoms with E-state index in [9.17, 15) is 0 Å². The molecular formula is C13H24N2. The molecule has 0 aromatic heterocycles. The highest BCUT2D eigenvalue weighted by Gasteiger charge is 2.21. The standard InChI is InChI=1S/C13H24N2/c14-10-12-4-6-13(7-5-12)11-15-8-2-1-3-9-15/h1-2,12-13H,3-11,14H2. The van der Waals surface area contributed by atoms with Crippen molar-refractivity contribution in [2.75, 3.05) is 26.2 Å². The van der Waals surface area contributed by atoms with E-state index in [0.29, 0.717) is 0 Å². The van der Waals surface area contributed by atoms with Crippen molar-refractivity contribution in [1.29, 1.82) is 0 Å². The van der Waals surface area contributed by atoms with Crippen LogP contribution in [0.4, 0.5) is 0 Å². The number of nitrogens with zero attached hydrogens (tertiary/aromatic N) is 1. The largest absolute Gasteiger partial charge is 0.330 e. The van der Waals surface area contributed by atoms with E-state index in [2.05, 4.69) is 17.1 Å². The van der Waals surface area contributed by atoms with E-state index in [4.69, 9.17) is 5.73 Å². The third-order valence-electron chi connectivity index (χ3n) is 3.96. The summed E-state index contributed by atoms with van der Waals surface area (Å²) in [5, 5.41) is 0. The van der Waals surface area contributed by atoms with Gasteiger partial charge in [0.15, 0.2) is 0 Å². The molecule has 2 nitrogen and oxygen atoms in total. The van der Waals surface area contributed by atoms with Gasteiger partial charge in [-0.2, -0.15) is 0 Å². The van der Waals surface area contributed by atoms with Crippen molar-refractivity contribution >= 4 is 0 Å². The zero-order chi connectivity index (χ0) is 10.5. The fraction of sp³-hybridized carbons (Fsp3) is 0.846. The molecule has 2 rings (SSSR count). The van der Waals surface area contributed by atoms with E-state index >= 15 is 0 Å². The lowest BCUT2D eigenvalue weighted by Gasteiger charge is -2.32. The average Bonchev–Trinajstić information content (AvgIpc) is 2.31.